The first-order valence-corrected chi connectivity index (χ1v) is 12.3. The maximum Gasteiger partial charge on any atom is 0.325 e. The van der Waals surface area contributed by atoms with Gasteiger partial charge in [0.05, 0.1) is 11.0 Å². The number of sulfonamides is 1. The van der Waals surface area contributed by atoms with E-state index in [4.69, 9.17) is 16.3 Å². The highest BCUT2D eigenvalue weighted by Crippen LogP contribution is 2.28. The average molecular weight is 495 g/mol. The van der Waals surface area contributed by atoms with Gasteiger partial charge in [-0.2, -0.15) is 4.31 Å². The zero-order valence-corrected chi connectivity index (χ0v) is 20.0. The van der Waals surface area contributed by atoms with Crippen molar-refractivity contribution in [1.82, 2.24) is 9.62 Å². The van der Waals surface area contributed by atoms with Crippen molar-refractivity contribution in [2.75, 3.05) is 19.7 Å². The number of carbonyl (C=O) groups excluding carboxylic acids is 2. The molecule has 0 saturated carbocycles. The third kappa shape index (κ3) is 6.32. The second kappa shape index (κ2) is 10.6. The number of β-amino-alcohol motifs (C(OH)–C–C–N with tert-alkyl or cyclic N) is 1. The molecule has 1 saturated heterocycles. The number of amides is 1. The quantitative estimate of drug-likeness (QED) is 0.542. The molecule has 2 N–H and O–H groups in total. The number of rotatable bonds is 8. The molecule has 0 aromatic heterocycles. The van der Waals surface area contributed by atoms with Crippen LogP contribution in [0, 0.1) is 13.8 Å². The number of carbonyl (C=O) groups is 2. The molecule has 1 amide bonds. The van der Waals surface area contributed by atoms with E-state index in [2.05, 4.69) is 5.32 Å². The zero-order chi connectivity index (χ0) is 24.2. The van der Waals surface area contributed by atoms with Crippen molar-refractivity contribution in [3.05, 3.63) is 64.2 Å². The Bertz CT molecular complexity index is 1120. The van der Waals surface area contributed by atoms with Crippen LogP contribution >= 0.6 is 11.6 Å². The number of benzene rings is 2. The molecule has 0 bridgehead atoms. The lowest BCUT2D eigenvalue weighted by Crippen LogP contribution is -2.42. The van der Waals surface area contributed by atoms with E-state index in [0.29, 0.717) is 18.0 Å². The summed E-state index contributed by atoms with van der Waals surface area (Å²) in [7, 11) is -4.03. The van der Waals surface area contributed by atoms with Crippen LogP contribution in [-0.4, -0.2) is 61.5 Å². The summed E-state index contributed by atoms with van der Waals surface area (Å²) in [6.07, 6.45) is -0.522. The van der Waals surface area contributed by atoms with Crippen molar-refractivity contribution in [2.45, 2.75) is 43.7 Å². The lowest BCUT2D eigenvalue weighted by molar-refractivity contribution is -0.151. The van der Waals surface area contributed by atoms with E-state index in [1.54, 1.807) is 25.1 Å². The predicted molar refractivity (Wildman–Crippen MR) is 123 cm³/mol. The highest BCUT2D eigenvalue weighted by Gasteiger charge is 2.44. The number of aliphatic hydroxyl groups is 1. The zero-order valence-electron chi connectivity index (χ0n) is 18.5. The van der Waals surface area contributed by atoms with Gasteiger partial charge in [-0.1, -0.05) is 29.8 Å². The molecule has 0 aliphatic carbocycles. The van der Waals surface area contributed by atoms with Gasteiger partial charge >= 0.3 is 5.97 Å². The molecule has 2 aromatic rings. The summed E-state index contributed by atoms with van der Waals surface area (Å²) in [4.78, 5) is 24.7. The monoisotopic (exact) mass is 494 g/mol. The minimum absolute atomic E-state index is 0.0393. The van der Waals surface area contributed by atoms with E-state index in [1.165, 1.54) is 12.1 Å². The predicted octanol–water partition coefficient (Wildman–Crippen LogP) is 1.98. The number of esters is 1. The van der Waals surface area contributed by atoms with Crippen molar-refractivity contribution >= 4 is 33.5 Å². The minimum Gasteiger partial charge on any atom is -0.454 e. The maximum absolute atomic E-state index is 13.1. The Hall–Kier alpha value is -2.46. The van der Waals surface area contributed by atoms with Gasteiger partial charge in [0.25, 0.3) is 5.91 Å². The molecular formula is C23H27ClN2O6S. The largest absolute Gasteiger partial charge is 0.454 e. The van der Waals surface area contributed by atoms with Gasteiger partial charge in [0.2, 0.25) is 10.0 Å². The maximum atomic E-state index is 13.1. The van der Waals surface area contributed by atoms with Gasteiger partial charge in [-0.3, -0.25) is 9.59 Å². The number of aryl methyl sites for hydroxylation is 2. The summed E-state index contributed by atoms with van der Waals surface area (Å²) in [6, 6.07) is 10.7. The number of halogens is 1. The fraction of sp³-hybridized carbons (Fsp3) is 0.391. The van der Waals surface area contributed by atoms with Crippen LogP contribution in [0.15, 0.2) is 47.4 Å². The summed E-state index contributed by atoms with van der Waals surface area (Å²) in [6.45, 7) is 3.25. The lowest BCUT2D eigenvalue weighted by atomic mass is 10.1. The Balaban J connectivity index is 1.56. The first-order valence-electron chi connectivity index (χ1n) is 10.5. The molecule has 8 nitrogen and oxygen atoms in total. The standard InChI is InChI=1S/C23H27ClN2O6S/c1-15-3-8-20(11-16(15)2)33(30,31)26-13-19(27)12-21(26)23(29)32-14-22(28)25-10-9-17-4-6-18(24)7-5-17/h3-8,11,19,21,27H,9-10,12-14H2,1-2H3,(H,25,28). The van der Waals surface area contributed by atoms with E-state index < -0.39 is 40.7 Å². The Morgan fingerprint density at radius 2 is 1.85 bits per heavy atom. The number of aliphatic hydroxyl groups excluding tert-OH is 1. The molecular weight excluding hydrogens is 468 g/mol. The van der Waals surface area contributed by atoms with Gasteiger partial charge in [0, 0.05) is 24.5 Å². The molecule has 178 valence electrons. The molecule has 0 spiro atoms. The molecule has 33 heavy (non-hydrogen) atoms. The number of hydrogen-bond acceptors (Lipinski definition) is 6. The van der Waals surface area contributed by atoms with E-state index in [9.17, 15) is 23.1 Å². The van der Waals surface area contributed by atoms with Crippen LogP contribution in [0.4, 0.5) is 0 Å². The van der Waals surface area contributed by atoms with E-state index in [-0.39, 0.29) is 17.9 Å². The summed E-state index contributed by atoms with van der Waals surface area (Å²) in [5.74, 6) is -1.37. The Morgan fingerprint density at radius 1 is 1.15 bits per heavy atom. The number of nitrogens with zero attached hydrogens (tertiary/aromatic N) is 1. The van der Waals surface area contributed by atoms with Gasteiger partial charge in [-0.15, -0.1) is 0 Å². The van der Waals surface area contributed by atoms with Gasteiger partial charge in [0.15, 0.2) is 6.61 Å². The smallest absolute Gasteiger partial charge is 0.325 e. The first kappa shape index (κ1) is 25.2. The third-order valence-electron chi connectivity index (χ3n) is 5.59. The lowest BCUT2D eigenvalue weighted by Gasteiger charge is -2.22. The van der Waals surface area contributed by atoms with Gasteiger partial charge in [-0.05, 0) is 61.2 Å². The molecule has 1 aliphatic rings. The number of hydrogen-bond donors (Lipinski definition) is 2. The SMILES string of the molecule is Cc1ccc(S(=O)(=O)N2CC(O)CC2C(=O)OCC(=O)NCCc2ccc(Cl)cc2)cc1C. The average Bonchev–Trinajstić information content (AvgIpc) is 3.18. The fourth-order valence-corrected chi connectivity index (χ4v) is 5.39. The fourth-order valence-electron chi connectivity index (χ4n) is 3.56. The molecule has 1 aliphatic heterocycles. The van der Waals surface area contributed by atoms with Crippen LogP contribution in [0.5, 0.6) is 0 Å². The van der Waals surface area contributed by atoms with E-state index in [1.807, 2.05) is 19.1 Å². The van der Waals surface area contributed by atoms with Crippen LogP contribution in [-0.2, 0) is 30.8 Å². The topological polar surface area (TPSA) is 113 Å². The van der Waals surface area contributed by atoms with Crippen LogP contribution in [0.1, 0.15) is 23.1 Å². The highest BCUT2D eigenvalue weighted by molar-refractivity contribution is 7.89. The van der Waals surface area contributed by atoms with E-state index >= 15 is 0 Å². The number of ether oxygens (including phenoxy) is 1. The summed E-state index contributed by atoms with van der Waals surface area (Å²) in [5, 5.41) is 13.3. The molecule has 2 atom stereocenters. The second-order valence-electron chi connectivity index (χ2n) is 8.06. The van der Waals surface area contributed by atoms with Crippen molar-refractivity contribution in [3.8, 4) is 0 Å². The van der Waals surface area contributed by atoms with Crippen LogP contribution in [0.25, 0.3) is 0 Å². The highest BCUT2D eigenvalue weighted by atomic mass is 35.5. The van der Waals surface area contributed by atoms with Crippen LogP contribution in [0.3, 0.4) is 0 Å². The molecule has 1 heterocycles. The van der Waals surface area contributed by atoms with Crippen molar-refractivity contribution in [1.29, 1.82) is 0 Å². The molecule has 2 unspecified atom stereocenters. The molecule has 0 radical (unpaired) electrons. The first-order chi connectivity index (χ1) is 15.6. The molecule has 1 fully saturated rings. The van der Waals surface area contributed by atoms with E-state index in [0.717, 1.165) is 21.0 Å². The molecule has 10 heteroatoms. The Labute approximate surface area is 198 Å². The van der Waals surface area contributed by atoms with Crippen molar-refractivity contribution in [3.63, 3.8) is 0 Å². The Morgan fingerprint density at radius 3 is 2.52 bits per heavy atom. The number of nitrogens with one attached hydrogen (secondary N) is 1. The minimum atomic E-state index is -4.03. The van der Waals surface area contributed by atoms with Crippen LogP contribution in [0.2, 0.25) is 5.02 Å². The molecule has 3 rings (SSSR count). The molecule has 2 aromatic carbocycles. The third-order valence-corrected chi connectivity index (χ3v) is 7.71. The van der Waals surface area contributed by atoms with Crippen molar-refractivity contribution in [2.24, 2.45) is 0 Å². The Kier molecular flexibility index (Phi) is 8.12. The summed E-state index contributed by atoms with van der Waals surface area (Å²) >= 11 is 5.84. The van der Waals surface area contributed by atoms with Gasteiger partial charge < -0.3 is 15.2 Å². The van der Waals surface area contributed by atoms with Gasteiger partial charge in [0.1, 0.15) is 6.04 Å². The summed E-state index contributed by atoms with van der Waals surface area (Å²) < 4.78 is 32.2. The summed E-state index contributed by atoms with van der Waals surface area (Å²) in [5.41, 5.74) is 2.72. The normalized spacial score (nSPS) is 18.8. The van der Waals surface area contributed by atoms with Crippen molar-refractivity contribution < 1.29 is 27.9 Å². The van der Waals surface area contributed by atoms with Crippen LogP contribution < -0.4 is 5.32 Å². The van der Waals surface area contributed by atoms with Gasteiger partial charge in [-0.25, -0.2) is 8.42 Å². The second-order valence-corrected chi connectivity index (χ2v) is 10.4.